The zero-order valence-electron chi connectivity index (χ0n) is 19.9. The van der Waals surface area contributed by atoms with E-state index in [0.29, 0.717) is 67.6 Å². The first-order valence-electron chi connectivity index (χ1n) is 10.9. The lowest BCUT2D eigenvalue weighted by Crippen LogP contribution is -1.95. The first kappa shape index (κ1) is 24.4. The predicted molar refractivity (Wildman–Crippen MR) is 137 cm³/mol. The average molecular weight is 482 g/mol. The Labute approximate surface area is 214 Å². The molecule has 0 spiro atoms. The molecule has 0 bridgehead atoms. The predicted octanol–water partition coefficient (Wildman–Crippen LogP) is 7.00. The highest BCUT2D eigenvalue weighted by atomic mass is 16.5. The molecule has 0 heterocycles. The normalized spacial score (nSPS) is 9.78. The van der Waals surface area contributed by atoms with E-state index in [0.717, 1.165) is 0 Å². The van der Waals surface area contributed by atoms with Gasteiger partial charge in [-0.1, -0.05) is 0 Å². The molecule has 0 atom stereocenters. The summed E-state index contributed by atoms with van der Waals surface area (Å²) in [5, 5.41) is 28.4. The van der Waals surface area contributed by atoms with E-state index in [1.807, 2.05) is 0 Å². The molecule has 0 aliphatic carbocycles. The topological polar surface area (TPSA) is 103 Å². The Morgan fingerprint density at radius 2 is 1.08 bits per heavy atom. The molecule has 7 nitrogen and oxygen atoms in total. The minimum absolute atomic E-state index is 0.324. The molecule has 0 aliphatic heterocycles. The van der Waals surface area contributed by atoms with Crippen LogP contribution in [0.5, 0.6) is 23.0 Å². The highest BCUT2D eigenvalue weighted by molar-refractivity contribution is 5.79. The molecule has 4 rings (SSSR count). The molecule has 4 aromatic rings. The molecule has 7 heteroatoms. The van der Waals surface area contributed by atoms with Crippen molar-refractivity contribution in [1.29, 1.82) is 15.8 Å². The first-order chi connectivity index (χ1) is 18.0. The van der Waals surface area contributed by atoms with Gasteiger partial charge in [0.05, 0.1) is 50.1 Å². The van der Waals surface area contributed by atoms with Gasteiger partial charge in [-0.25, -0.2) is 4.85 Å². The third-order valence-corrected chi connectivity index (χ3v) is 5.58. The summed E-state index contributed by atoms with van der Waals surface area (Å²) in [7, 11) is 3.09. The van der Waals surface area contributed by atoms with Crippen LogP contribution in [-0.4, -0.2) is 14.2 Å². The maximum absolute atomic E-state index is 9.46. The summed E-state index contributed by atoms with van der Waals surface area (Å²) in [4.78, 5) is 3.49. The van der Waals surface area contributed by atoms with E-state index in [-0.39, 0.29) is 0 Å². The number of rotatable bonds is 6. The highest BCUT2D eigenvalue weighted by Crippen LogP contribution is 2.42. The van der Waals surface area contributed by atoms with Crippen LogP contribution in [0.3, 0.4) is 0 Å². The van der Waals surface area contributed by atoms with Crippen molar-refractivity contribution in [2.45, 2.75) is 0 Å². The molecule has 0 aromatic heterocycles. The van der Waals surface area contributed by atoms with E-state index >= 15 is 0 Å². The summed E-state index contributed by atoms with van der Waals surface area (Å²) in [5.41, 5.74) is 3.81. The van der Waals surface area contributed by atoms with Crippen molar-refractivity contribution in [3.05, 3.63) is 101 Å². The largest absolute Gasteiger partial charge is 0.497 e. The maximum atomic E-state index is 9.46. The van der Waals surface area contributed by atoms with Crippen molar-refractivity contribution in [2.75, 3.05) is 14.2 Å². The number of methoxy groups -OCH3 is 2. The summed E-state index contributed by atoms with van der Waals surface area (Å²) >= 11 is 0. The highest BCUT2D eigenvalue weighted by Gasteiger charge is 2.16. The molecule has 0 unspecified atom stereocenters. The van der Waals surface area contributed by atoms with Gasteiger partial charge in [-0.3, -0.25) is 0 Å². The molecule has 0 aliphatic rings. The number of hydrogen-bond acceptors (Lipinski definition) is 6. The smallest absolute Gasteiger partial charge is 0.189 e. The summed E-state index contributed by atoms with van der Waals surface area (Å²) in [6.07, 6.45) is 0. The zero-order chi connectivity index (χ0) is 26.4. The Hall–Kier alpha value is -5.76. The second kappa shape index (κ2) is 10.7. The van der Waals surface area contributed by atoms with Crippen molar-refractivity contribution in [2.24, 2.45) is 0 Å². The van der Waals surface area contributed by atoms with E-state index in [1.54, 1.807) is 74.9 Å². The molecule has 0 saturated carbocycles. The van der Waals surface area contributed by atoms with Gasteiger partial charge in [-0.15, -0.1) is 0 Å². The minimum atomic E-state index is 0.324. The van der Waals surface area contributed by atoms with E-state index in [2.05, 4.69) is 23.1 Å². The molecule has 0 fully saturated rings. The molecule has 0 N–H and O–H groups in total. The van der Waals surface area contributed by atoms with E-state index in [9.17, 15) is 15.8 Å². The lowest BCUT2D eigenvalue weighted by atomic mass is 9.99. The summed E-state index contributed by atoms with van der Waals surface area (Å²) in [6, 6.07) is 26.5. The Bertz CT molecular complexity index is 1490. The molecule has 176 valence electrons. The number of nitriles is 3. The van der Waals surface area contributed by atoms with Crippen molar-refractivity contribution in [3.63, 3.8) is 0 Å². The van der Waals surface area contributed by atoms with Gasteiger partial charge in [-0.2, -0.15) is 15.8 Å². The Kier molecular flexibility index (Phi) is 7.02. The summed E-state index contributed by atoms with van der Waals surface area (Å²) in [5.74, 6) is 2.05. The quantitative estimate of drug-likeness (QED) is 0.274. The average Bonchev–Trinajstić information content (AvgIpc) is 2.96. The number of ether oxygens (including phenoxy) is 3. The minimum Gasteiger partial charge on any atom is -0.497 e. The second-order valence-electron chi connectivity index (χ2n) is 7.84. The Morgan fingerprint density at radius 3 is 1.51 bits per heavy atom. The van der Waals surface area contributed by atoms with Gasteiger partial charge in [0.2, 0.25) is 0 Å². The van der Waals surface area contributed by atoms with Crippen LogP contribution in [0.15, 0.2) is 72.8 Å². The van der Waals surface area contributed by atoms with Crippen molar-refractivity contribution < 1.29 is 14.2 Å². The van der Waals surface area contributed by atoms with E-state index in [1.165, 1.54) is 12.1 Å². The number of nitrogens with zero attached hydrogens (tertiary/aromatic N) is 4. The first-order valence-corrected chi connectivity index (χ1v) is 10.9. The Balaban J connectivity index is 1.90. The zero-order valence-corrected chi connectivity index (χ0v) is 19.9. The molecular formula is C30H18N4O3. The fourth-order valence-corrected chi connectivity index (χ4v) is 3.83. The van der Waals surface area contributed by atoms with Crippen LogP contribution in [0.1, 0.15) is 16.7 Å². The van der Waals surface area contributed by atoms with Crippen molar-refractivity contribution in [3.8, 4) is 63.5 Å². The van der Waals surface area contributed by atoms with E-state index < -0.39 is 0 Å². The van der Waals surface area contributed by atoms with Gasteiger partial charge < -0.3 is 14.2 Å². The fraction of sp³-hybridized carbons (Fsp3) is 0.0667. The Morgan fingerprint density at radius 1 is 0.622 bits per heavy atom. The van der Waals surface area contributed by atoms with Crippen LogP contribution < -0.4 is 14.2 Å². The molecule has 4 aromatic carbocycles. The van der Waals surface area contributed by atoms with Gasteiger partial charge >= 0.3 is 0 Å². The summed E-state index contributed by atoms with van der Waals surface area (Å²) < 4.78 is 17.2. The van der Waals surface area contributed by atoms with Gasteiger partial charge in [0.1, 0.15) is 23.0 Å². The lowest BCUT2D eigenvalue weighted by molar-refractivity contribution is 0.411. The molecular weight excluding hydrogens is 464 g/mol. The van der Waals surface area contributed by atoms with Crippen LogP contribution in [0.4, 0.5) is 5.69 Å². The number of hydrogen-bond donors (Lipinski definition) is 0. The molecule has 37 heavy (non-hydrogen) atoms. The summed E-state index contributed by atoms with van der Waals surface area (Å²) in [6.45, 7) is 7.42. The van der Waals surface area contributed by atoms with Crippen LogP contribution in [-0.2, 0) is 0 Å². The van der Waals surface area contributed by atoms with Crippen molar-refractivity contribution in [1.82, 2.24) is 0 Å². The van der Waals surface area contributed by atoms with Crippen LogP contribution >= 0.6 is 0 Å². The second-order valence-corrected chi connectivity index (χ2v) is 7.84. The van der Waals surface area contributed by atoms with Gasteiger partial charge in [0.15, 0.2) is 5.69 Å². The SMILES string of the molecule is [C-]#[N+]c1cc(C#N)cc(-c2cc(OC)ccc2Oc2ccc(OC)cc2-c2cc(C#N)cc(C#N)c2)c1. The number of benzene rings is 4. The van der Waals surface area contributed by atoms with Gasteiger partial charge in [0.25, 0.3) is 0 Å². The maximum Gasteiger partial charge on any atom is 0.189 e. The standard InChI is InChI=1S/C30H18N4O3/c1-34-24-12-21(18-33)11-23(13-24)28-15-26(36-3)5-7-30(28)37-29-6-4-25(35-2)14-27(29)22-9-19(16-31)8-20(10-22)17-32/h4-15H,2-3H3. The van der Waals surface area contributed by atoms with Crippen LogP contribution in [0, 0.1) is 40.6 Å². The molecule has 0 radical (unpaired) electrons. The van der Waals surface area contributed by atoms with Gasteiger partial charge in [0, 0.05) is 16.7 Å². The monoisotopic (exact) mass is 482 g/mol. The molecule has 0 saturated heterocycles. The van der Waals surface area contributed by atoms with Crippen molar-refractivity contribution >= 4 is 5.69 Å². The van der Waals surface area contributed by atoms with Gasteiger partial charge in [-0.05, 0) is 83.9 Å². The van der Waals surface area contributed by atoms with E-state index in [4.69, 9.17) is 20.8 Å². The fourth-order valence-electron chi connectivity index (χ4n) is 3.83. The molecule has 0 amide bonds. The third kappa shape index (κ3) is 5.18. The van der Waals surface area contributed by atoms with Crippen LogP contribution in [0.2, 0.25) is 0 Å². The van der Waals surface area contributed by atoms with Crippen LogP contribution in [0.25, 0.3) is 27.1 Å². The lowest BCUT2D eigenvalue weighted by Gasteiger charge is -2.17. The third-order valence-electron chi connectivity index (χ3n) is 5.58.